The number of para-hydroxylation sites is 1. The van der Waals surface area contributed by atoms with Gasteiger partial charge >= 0.3 is 5.97 Å². The van der Waals surface area contributed by atoms with E-state index >= 15 is 0 Å². The molecule has 1 aromatic carbocycles. The van der Waals surface area contributed by atoms with Crippen LogP contribution in [0.4, 0.5) is 0 Å². The number of carbonyl (C=O) groups is 2. The molecule has 0 saturated carbocycles. The number of hydrogen-bond donors (Lipinski definition) is 3. The predicted octanol–water partition coefficient (Wildman–Crippen LogP) is 0.660. The van der Waals surface area contributed by atoms with Gasteiger partial charge in [0, 0.05) is 11.6 Å². The molecule has 0 radical (unpaired) electrons. The molecule has 6 nitrogen and oxygen atoms in total. The van der Waals surface area contributed by atoms with E-state index in [4.69, 9.17) is 14.9 Å². The molecule has 0 saturated heterocycles. The zero-order chi connectivity index (χ0) is 15.0. The van der Waals surface area contributed by atoms with Gasteiger partial charge in [0.1, 0.15) is 5.75 Å². The lowest BCUT2D eigenvalue weighted by Crippen LogP contribution is -2.42. The number of ether oxygens (including phenoxy) is 1. The SMILES string of the molecule is CCOc1ccccc1/C=C/C(=O)N[C@H](CO)C(=O)O. The van der Waals surface area contributed by atoms with Crippen LogP contribution in [-0.2, 0) is 9.59 Å². The largest absolute Gasteiger partial charge is 0.493 e. The molecule has 0 fully saturated rings. The summed E-state index contributed by atoms with van der Waals surface area (Å²) in [5.41, 5.74) is 0.709. The molecule has 0 unspecified atom stereocenters. The quantitative estimate of drug-likeness (QED) is 0.637. The number of benzene rings is 1. The molecule has 108 valence electrons. The highest BCUT2D eigenvalue weighted by Crippen LogP contribution is 2.19. The molecule has 3 N–H and O–H groups in total. The second-order valence-corrected chi connectivity index (χ2v) is 3.89. The number of amides is 1. The van der Waals surface area contributed by atoms with Crippen molar-refractivity contribution in [2.45, 2.75) is 13.0 Å². The van der Waals surface area contributed by atoms with Gasteiger partial charge in [0.25, 0.3) is 0 Å². The first kappa shape index (κ1) is 15.7. The molecule has 20 heavy (non-hydrogen) atoms. The zero-order valence-corrected chi connectivity index (χ0v) is 11.1. The first-order valence-electron chi connectivity index (χ1n) is 6.12. The molecule has 0 aliphatic carbocycles. The predicted molar refractivity (Wildman–Crippen MR) is 73.3 cm³/mol. The van der Waals surface area contributed by atoms with Crippen molar-refractivity contribution < 1.29 is 24.5 Å². The van der Waals surface area contributed by atoms with Gasteiger partial charge < -0.3 is 20.3 Å². The molecule has 0 heterocycles. The van der Waals surface area contributed by atoms with Crippen molar-refractivity contribution in [1.29, 1.82) is 0 Å². The van der Waals surface area contributed by atoms with Crippen molar-refractivity contribution in [2.75, 3.05) is 13.2 Å². The van der Waals surface area contributed by atoms with Crippen molar-refractivity contribution in [2.24, 2.45) is 0 Å². The Labute approximate surface area is 116 Å². The average Bonchev–Trinajstić information content (AvgIpc) is 2.43. The Morgan fingerprint density at radius 2 is 2.10 bits per heavy atom. The summed E-state index contributed by atoms with van der Waals surface area (Å²) in [7, 11) is 0. The molecule has 6 heteroatoms. The van der Waals surface area contributed by atoms with Crippen LogP contribution in [0, 0.1) is 0 Å². The van der Waals surface area contributed by atoms with Crippen molar-refractivity contribution in [1.82, 2.24) is 5.32 Å². The maximum atomic E-state index is 11.5. The summed E-state index contributed by atoms with van der Waals surface area (Å²) in [6, 6.07) is 5.85. The number of aliphatic hydroxyl groups is 1. The van der Waals surface area contributed by atoms with E-state index in [0.29, 0.717) is 17.9 Å². The van der Waals surface area contributed by atoms with Gasteiger partial charge in [-0.2, -0.15) is 0 Å². The number of hydrogen-bond acceptors (Lipinski definition) is 4. The number of nitrogens with one attached hydrogen (secondary N) is 1. The number of carboxylic acid groups (broad SMARTS) is 1. The highest BCUT2D eigenvalue weighted by Gasteiger charge is 2.17. The highest BCUT2D eigenvalue weighted by atomic mass is 16.5. The van der Waals surface area contributed by atoms with Gasteiger partial charge in [0.05, 0.1) is 13.2 Å². The number of aliphatic carboxylic acids is 1. The fourth-order valence-electron chi connectivity index (χ4n) is 1.48. The lowest BCUT2D eigenvalue weighted by Gasteiger charge is -2.09. The summed E-state index contributed by atoms with van der Waals surface area (Å²) in [4.78, 5) is 22.2. The molecule has 0 bridgehead atoms. The smallest absolute Gasteiger partial charge is 0.328 e. The third-order valence-electron chi connectivity index (χ3n) is 2.43. The van der Waals surface area contributed by atoms with Crippen LogP contribution in [0.5, 0.6) is 5.75 Å². The Bertz CT molecular complexity index is 498. The molecule has 0 aliphatic heterocycles. The van der Waals surface area contributed by atoms with Crippen molar-refractivity contribution >= 4 is 18.0 Å². The van der Waals surface area contributed by atoms with Gasteiger partial charge in [-0.3, -0.25) is 4.79 Å². The minimum atomic E-state index is -1.31. The Morgan fingerprint density at radius 1 is 1.40 bits per heavy atom. The third-order valence-corrected chi connectivity index (χ3v) is 2.43. The van der Waals surface area contributed by atoms with Crippen molar-refractivity contribution in [3.8, 4) is 5.75 Å². The topological polar surface area (TPSA) is 95.9 Å². The maximum Gasteiger partial charge on any atom is 0.328 e. The standard InChI is InChI=1S/C14H17NO5/c1-2-20-12-6-4-3-5-10(12)7-8-13(17)15-11(9-16)14(18)19/h3-8,11,16H,2,9H2,1H3,(H,15,17)(H,18,19)/b8-7+/t11-/m1/s1. The van der Waals surface area contributed by atoms with Crippen LogP contribution in [0.25, 0.3) is 6.08 Å². The van der Waals surface area contributed by atoms with E-state index in [9.17, 15) is 9.59 Å². The Hall–Kier alpha value is -2.34. The molecule has 1 rings (SSSR count). The van der Waals surface area contributed by atoms with Gasteiger partial charge in [-0.05, 0) is 19.1 Å². The van der Waals surface area contributed by atoms with Gasteiger partial charge in [-0.25, -0.2) is 4.79 Å². The molecular weight excluding hydrogens is 262 g/mol. The maximum absolute atomic E-state index is 11.5. The number of rotatable bonds is 7. The lowest BCUT2D eigenvalue weighted by atomic mass is 10.2. The molecule has 1 atom stereocenters. The molecule has 0 aliphatic rings. The van der Waals surface area contributed by atoms with E-state index in [2.05, 4.69) is 5.32 Å². The summed E-state index contributed by atoms with van der Waals surface area (Å²) in [5.74, 6) is -1.25. The van der Waals surface area contributed by atoms with Gasteiger partial charge in [0.2, 0.25) is 5.91 Å². The summed E-state index contributed by atoms with van der Waals surface area (Å²) in [5, 5.41) is 19.7. The zero-order valence-electron chi connectivity index (χ0n) is 11.1. The van der Waals surface area contributed by atoms with Crippen molar-refractivity contribution in [3.63, 3.8) is 0 Å². The van der Waals surface area contributed by atoms with Crippen LogP contribution in [0.2, 0.25) is 0 Å². The summed E-state index contributed by atoms with van der Waals surface area (Å²) in [6.07, 6.45) is 2.72. The molecule has 1 amide bonds. The van der Waals surface area contributed by atoms with Crippen LogP contribution < -0.4 is 10.1 Å². The lowest BCUT2D eigenvalue weighted by molar-refractivity contribution is -0.142. The van der Waals surface area contributed by atoms with E-state index in [0.717, 1.165) is 0 Å². The van der Waals surface area contributed by atoms with Crippen LogP contribution in [-0.4, -0.2) is 41.3 Å². The summed E-state index contributed by atoms with van der Waals surface area (Å²) < 4.78 is 5.39. The van der Waals surface area contributed by atoms with Crippen LogP contribution in [0.15, 0.2) is 30.3 Å². The van der Waals surface area contributed by atoms with E-state index in [1.807, 2.05) is 13.0 Å². The van der Waals surface area contributed by atoms with E-state index in [1.54, 1.807) is 18.2 Å². The second kappa shape index (κ2) is 7.96. The number of carbonyl (C=O) groups excluding carboxylic acids is 1. The van der Waals surface area contributed by atoms with Crippen LogP contribution in [0.3, 0.4) is 0 Å². The molecule has 0 aromatic heterocycles. The summed E-state index contributed by atoms with van der Waals surface area (Å²) >= 11 is 0. The third kappa shape index (κ3) is 4.74. The molecule has 0 spiro atoms. The van der Waals surface area contributed by atoms with Gasteiger partial charge in [-0.1, -0.05) is 18.2 Å². The Kier molecular flexibility index (Phi) is 6.25. The average molecular weight is 279 g/mol. The Balaban J connectivity index is 2.72. The number of carboxylic acids is 1. The van der Waals surface area contributed by atoms with Crippen molar-refractivity contribution in [3.05, 3.63) is 35.9 Å². The van der Waals surface area contributed by atoms with Gasteiger partial charge in [0.15, 0.2) is 6.04 Å². The normalized spacial score (nSPS) is 12.1. The van der Waals surface area contributed by atoms with Crippen LogP contribution in [0.1, 0.15) is 12.5 Å². The second-order valence-electron chi connectivity index (χ2n) is 3.89. The fourth-order valence-corrected chi connectivity index (χ4v) is 1.48. The minimum absolute atomic E-state index is 0.503. The first-order valence-corrected chi connectivity index (χ1v) is 6.12. The molecule has 1 aromatic rings. The molecular formula is C14H17NO5. The van der Waals surface area contributed by atoms with E-state index in [1.165, 1.54) is 12.2 Å². The van der Waals surface area contributed by atoms with E-state index in [-0.39, 0.29) is 0 Å². The fraction of sp³-hybridized carbons (Fsp3) is 0.286. The Morgan fingerprint density at radius 3 is 2.70 bits per heavy atom. The monoisotopic (exact) mass is 279 g/mol. The van der Waals surface area contributed by atoms with E-state index < -0.39 is 24.5 Å². The van der Waals surface area contributed by atoms with Crippen LogP contribution >= 0.6 is 0 Å². The van der Waals surface area contributed by atoms with Gasteiger partial charge in [-0.15, -0.1) is 0 Å². The highest BCUT2D eigenvalue weighted by molar-refractivity contribution is 5.94. The number of aliphatic hydroxyl groups excluding tert-OH is 1. The summed E-state index contributed by atoms with van der Waals surface area (Å²) in [6.45, 7) is 1.69. The first-order chi connectivity index (χ1) is 9.58. The minimum Gasteiger partial charge on any atom is -0.493 e.